The van der Waals surface area contributed by atoms with E-state index in [9.17, 15) is 9.59 Å². The van der Waals surface area contributed by atoms with Gasteiger partial charge in [0.2, 0.25) is 0 Å². The highest BCUT2D eigenvalue weighted by Crippen LogP contribution is 2.24. The van der Waals surface area contributed by atoms with Gasteiger partial charge >= 0.3 is 5.97 Å². The average molecular weight is 350 g/mol. The van der Waals surface area contributed by atoms with E-state index in [0.29, 0.717) is 11.4 Å². The number of hydrogen-bond acceptors (Lipinski definition) is 3. The van der Waals surface area contributed by atoms with Crippen LogP contribution >= 0.6 is 15.9 Å². The van der Waals surface area contributed by atoms with E-state index in [2.05, 4.69) is 21.2 Å². The molecule has 2 N–H and O–H groups in total. The van der Waals surface area contributed by atoms with Crippen molar-refractivity contribution in [2.24, 2.45) is 0 Å². The molecule has 5 nitrogen and oxygen atoms in total. The van der Waals surface area contributed by atoms with Crippen LogP contribution in [0, 0.1) is 0 Å². The fourth-order valence-electron chi connectivity index (χ4n) is 1.75. The number of methoxy groups -OCH3 is 1. The van der Waals surface area contributed by atoms with E-state index in [1.54, 1.807) is 24.3 Å². The normalized spacial score (nSPS) is 10.0. The number of carbonyl (C=O) groups excluding carboxylic acids is 1. The largest absolute Gasteiger partial charge is 0.497 e. The molecule has 2 aromatic carbocycles. The van der Waals surface area contributed by atoms with Crippen molar-refractivity contribution >= 4 is 33.5 Å². The topological polar surface area (TPSA) is 75.6 Å². The van der Waals surface area contributed by atoms with E-state index in [1.165, 1.54) is 25.3 Å². The lowest BCUT2D eigenvalue weighted by Crippen LogP contribution is -2.12. The second-order valence-electron chi connectivity index (χ2n) is 4.22. The van der Waals surface area contributed by atoms with Gasteiger partial charge in [-0.2, -0.15) is 0 Å². The maximum atomic E-state index is 12.1. The van der Waals surface area contributed by atoms with Crippen molar-refractivity contribution in [1.82, 2.24) is 0 Å². The minimum atomic E-state index is -1.08. The summed E-state index contributed by atoms with van der Waals surface area (Å²) in [6.45, 7) is 0. The first-order valence-electron chi connectivity index (χ1n) is 5.99. The van der Waals surface area contributed by atoms with Gasteiger partial charge in [-0.1, -0.05) is 22.0 Å². The van der Waals surface area contributed by atoms with Crippen LogP contribution in [0.5, 0.6) is 5.75 Å². The third kappa shape index (κ3) is 3.82. The number of amides is 1. The fourth-order valence-corrected chi connectivity index (χ4v) is 2.22. The number of benzene rings is 2. The molecule has 1 amide bonds. The first-order chi connectivity index (χ1) is 9.99. The number of halogens is 1. The first kappa shape index (κ1) is 15.1. The zero-order valence-electron chi connectivity index (χ0n) is 11.1. The highest BCUT2D eigenvalue weighted by atomic mass is 79.9. The third-order valence-electron chi connectivity index (χ3n) is 2.74. The second-order valence-corrected chi connectivity index (χ2v) is 5.14. The van der Waals surface area contributed by atoms with Crippen LogP contribution in [0.2, 0.25) is 0 Å². The quantitative estimate of drug-likeness (QED) is 0.886. The zero-order chi connectivity index (χ0) is 15.4. The lowest BCUT2D eigenvalue weighted by Gasteiger charge is -2.08. The van der Waals surface area contributed by atoms with Gasteiger partial charge in [0.05, 0.1) is 12.7 Å². The molecule has 0 spiro atoms. The number of carbonyl (C=O) groups is 2. The Labute approximate surface area is 129 Å². The monoisotopic (exact) mass is 349 g/mol. The van der Waals surface area contributed by atoms with Crippen molar-refractivity contribution in [3.05, 3.63) is 58.1 Å². The molecular formula is C15H12BrNO4. The fraction of sp³-hybridized carbons (Fsp3) is 0.0667. The van der Waals surface area contributed by atoms with Gasteiger partial charge < -0.3 is 15.2 Å². The molecule has 0 unspecified atom stereocenters. The Morgan fingerprint density at radius 3 is 2.52 bits per heavy atom. The lowest BCUT2D eigenvalue weighted by molar-refractivity contribution is 0.0697. The predicted molar refractivity (Wildman–Crippen MR) is 82.0 cm³/mol. The Bertz CT molecular complexity index is 700. The molecule has 0 aliphatic carbocycles. The molecule has 0 aliphatic rings. The van der Waals surface area contributed by atoms with E-state index < -0.39 is 11.9 Å². The summed E-state index contributed by atoms with van der Waals surface area (Å²) in [5.74, 6) is -0.869. The number of hydrogen-bond donors (Lipinski definition) is 2. The minimum absolute atomic E-state index is 0.0643. The number of rotatable bonds is 4. The Hall–Kier alpha value is -2.34. The van der Waals surface area contributed by atoms with E-state index in [0.717, 1.165) is 4.47 Å². The van der Waals surface area contributed by atoms with Gasteiger partial charge in [-0.15, -0.1) is 0 Å². The first-order valence-corrected chi connectivity index (χ1v) is 6.78. The number of nitrogens with one attached hydrogen (secondary N) is 1. The summed E-state index contributed by atoms with van der Waals surface area (Å²) in [7, 11) is 1.53. The molecule has 0 atom stereocenters. The molecule has 6 heteroatoms. The van der Waals surface area contributed by atoms with Crippen molar-refractivity contribution < 1.29 is 19.4 Å². The highest BCUT2D eigenvalue weighted by Gasteiger charge is 2.10. The molecule has 0 aromatic heterocycles. The molecular weight excluding hydrogens is 338 g/mol. The molecule has 2 aromatic rings. The summed E-state index contributed by atoms with van der Waals surface area (Å²) in [6, 6.07) is 11.0. The number of aromatic carboxylic acids is 1. The van der Waals surface area contributed by atoms with Crippen LogP contribution in [-0.4, -0.2) is 24.1 Å². The van der Waals surface area contributed by atoms with Gasteiger partial charge in [0.1, 0.15) is 5.75 Å². The molecule has 0 radical (unpaired) electrons. The van der Waals surface area contributed by atoms with Crippen molar-refractivity contribution in [2.75, 3.05) is 12.4 Å². The van der Waals surface area contributed by atoms with Gasteiger partial charge in [0.25, 0.3) is 5.91 Å². The summed E-state index contributed by atoms with van der Waals surface area (Å²) in [6.07, 6.45) is 0. The SMILES string of the molecule is COc1cc(Br)cc(NC(=O)c2cccc(C(=O)O)c2)c1. The van der Waals surface area contributed by atoms with Gasteiger partial charge in [-0.25, -0.2) is 4.79 Å². The van der Waals surface area contributed by atoms with Gasteiger partial charge in [0.15, 0.2) is 0 Å². The van der Waals surface area contributed by atoms with E-state index >= 15 is 0 Å². The van der Waals surface area contributed by atoms with Crippen LogP contribution in [0.3, 0.4) is 0 Å². The standard InChI is InChI=1S/C15H12BrNO4/c1-21-13-7-11(16)6-12(8-13)17-14(18)9-3-2-4-10(5-9)15(19)20/h2-8H,1H3,(H,17,18)(H,19,20). The van der Waals surface area contributed by atoms with Gasteiger partial charge in [-0.05, 0) is 30.3 Å². The number of anilines is 1. The van der Waals surface area contributed by atoms with Gasteiger partial charge in [-0.3, -0.25) is 4.79 Å². The Balaban J connectivity index is 2.23. The number of carboxylic acid groups (broad SMARTS) is 1. The van der Waals surface area contributed by atoms with Crippen LogP contribution < -0.4 is 10.1 Å². The van der Waals surface area contributed by atoms with E-state index in [4.69, 9.17) is 9.84 Å². The average Bonchev–Trinajstić information content (AvgIpc) is 2.46. The number of carboxylic acids is 1. The summed E-state index contributed by atoms with van der Waals surface area (Å²) in [5.41, 5.74) is 0.885. The molecule has 0 bridgehead atoms. The smallest absolute Gasteiger partial charge is 0.335 e. The van der Waals surface area contributed by atoms with Crippen LogP contribution in [-0.2, 0) is 0 Å². The van der Waals surface area contributed by atoms with E-state index in [1.807, 2.05) is 0 Å². The molecule has 2 rings (SSSR count). The maximum Gasteiger partial charge on any atom is 0.335 e. The van der Waals surface area contributed by atoms with E-state index in [-0.39, 0.29) is 11.1 Å². The Kier molecular flexibility index (Phi) is 4.59. The van der Waals surface area contributed by atoms with Crippen molar-refractivity contribution in [3.8, 4) is 5.75 Å². The zero-order valence-corrected chi connectivity index (χ0v) is 12.7. The maximum absolute atomic E-state index is 12.1. The predicted octanol–water partition coefficient (Wildman–Crippen LogP) is 3.41. The molecule has 0 saturated heterocycles. The number of ether oxygens (including phenoxy) is 1. The molecule has 108 valence electrons. The van der Waals surface area contributed by atoms with Crippen molar-refractivity contribution in [2.45, 2.75) is 0 Å². The van der Waals surface area contributed by atoms with Crippen molar-refractivity contribution in [3.63, 3.8) is 0 Å². The van der Waals surface area contributed by atoms with Crippen LogP contribution in [0.4, 0.5) is 5.69 Å². The minimum Gasteiger partial charge on any atom is -0.497 e. The summed E-state index contributed by atoms with van der Waals surface area (Å²) >= 11 is 3.32. The molecule has 0 heterocycles. The molecule has 0 aliphatic heterocycles. The molecule has 21 heavy (non-hydrogen) atoms. The van der Waals surface area contributed by atoms with Crippen molar-refractivity contribution in [1.29, 1.82) is 0 Å². The van der Waals surface area contributed by atoms with Crippen LogP contribution in [0.25, 0.3) is 0 Å². The Morgan fingerprint density at radius 1 is 1.14 bits per heavy atom. The highest BCUT2D eigenvalue weighted by molar-refractivity contribution is 9.10. The lowest BCUT2D eigenvalue weighted by atomic mass is 10.1. The summed E-state index contributed by atoms with van der Waals surface area (Å²) in [5, 5.41) is 11.6. The van der Waals surface area contributed by atoms with Crippen LogP contribution in [0.1, 0.15) is 20.7 Å². The summed E-state index contributed by atoms with van der Waals surface area (Å²) < 4.78 is 5.88. The van der Waals surface area contributed by atoms with Crippen LogP contribution in [0.15, 0.2) is 46.9 Å². The van der Waals surface area contributed by atoms with Gasteiger partial charge in [0, 0.05) is 21.8 Å². The third-order valence-corrected chi connectivity index (χ3v) is 3.19. The Morgan fingerprint density at radius 2 is 1.86 bits per heavy atom. The second kappa shape index (κ2) is 6.41. The molecule has 0 fully saturated rings. The molecule has 0 saturated carbocycles. The summed E-state index contributed by atoms with van der Waals surface area (Å²) in [4.78, 5) is 23.0.